The summed E-state index contributed by atoms with van der Waals surface area (Å²) in [5, 5.41) is 13.3. The maximum absolute atomic E-state index is 13.5. The van der Waals surface area contributed by atoms with Gasteiger partial charge in [-0.25, -0.2) is 8.78 Å². The molecule has 0 aromatic heterocycles. The number of halogens is 4. The summed E-state index contributed by atoms with van der Waals surface area (Å²) in [7, 11) is 0. The Kier molecular flexibility index (Phi) is 4.96. The van der Waals surface area contributed by atoms with Crippen LogP contribution in [-0.2, 0) is 0 Å². The van der Waals surface area contributed by atoms with Crippen LogP contribution in [0.15, 0.2) is 40.9 Å². The minimum Gasteiger partial charge on any atom is -0.386 e. The third-order valence-electron chi connectivity index (χ3n) is 2.73. The number of hydrogen-bond donors (Lipinski definition) is 2. The van der Waals surface area contributed by atoms with E-state index in [0.29, 0.717) is 10.7 Å². The topological polar surface area (TPSA) is 32.3 Å². The maximum atomic E-state index is 13.5. The van der Waals surface area contributed by atoms with Crippen LogP contribution in [0, 0.1) is 11.6 Å². The summed E-state index contributed by atoms with van der Waals surface area (Å²) < 4.78 is 27.4. The van der Waals surface area contributed by atoms with E-state index in [2.05, 4.69) is 21.2 Å². The molecule has 2 rings (SSSR count). The molecule has 0 heterocycles. The van der Waals surface area contributed by atoms with Crippen LogP contribution in [0.5, 0.6) is 0 Å². The van der Waals surface area contributed by atoms with Crippen LogP contribution in [0.2, 0.25) is 5.02 Å². The second kappa shape index (κ2) is 6.52. The molecule has 0 radical (unpaired) electrons. The molecule has 0 saturated heterocycles. The van der Waals surface area contributed by atoms with Gasteiger partial charge < -0.3 is 10.4 Å². The molecular weight excluding hydrogens is 352 g/mol. The van der Waals surface area contributed by atoms with Crippen LogP contribution < -0.4 is 5.32 Å². The van der Waals surface area contributed by atoms with Crippen molar-refractivity contribution in [1.82, 2.24) is 0 Å². The average Bonchev–Trinajstić information content (AvgIpc) is 2.42. The zero-order valence-electron chi connectivity index (χ0n) is 10.2. The highest BCUT2D eigenvalue weighted by Gasteiger charge is 2.14. The van der Waals surface area contributed by atoms with E-state index >= 15 is 0 Å². The van der Waals surface area contributed by atoms with E-state index in [1.165, 1.54) is 0 Å². The number of benzene rings is 2. The number of hydrogen-bond acceptors (Lipinski definition) is 2. The lowest BCUT2D eigenvalue weighted by molar-refractivity contribution is 0.186. The van der Waals surface area contributed by atoms with E-state index in [1.54, 1.807) is 18.2 Å². The van der Waals surface area contributed by atoms with Gasteiger partial charge in [-0.1, -0.05) is 27.5 Å². The van der Waals surface area contributed by atoms with Crippen molar-refractivity contribution in [2.75, 3.05) is 11.9 Å². The van der Waals surface area contributed by atoms with Crippen molar-refractivity contribution in [3.63, 3.8) is 0 Å². The van der Waals surface area contributed by atoms with E-state index in [1.807, 2.05) is 0 Å². The molecule has 2 nitrogen and oxygen atoms in total. The van der Waals surface area contributed by atoms with Gasteiger partial charge in [0.05, 0.1) is 16.8 Å². The molecule has 1 atom stereocenters. The van der Waals surface area contributed by atoms with E-state index in [0.717, 1.165) is 22.7 Å². The molecule has 0 fully saturated rings. The second-order valence-corrected chi connectivity index (χ2v) is 5.51. The van der Waals surface area contributed by atoms with E-state index in [-0.39, 0.29) is 12.1 Å². The molecule has 0 spiro atoms. The lowest BCUT2D eigenvalue weighted by atomic mass is 10.1. The third kappa shape index (κ3) is 3.69. The fourth-order valence-electron chi connectivity index (χ4n) is 1.72. The minimum atomic E-state index is -1.18. The van der Waals surface area contributed by atoms with Gasteiger partial charge in [0.1, 0.15) is 11.6 Å². The maximum Gasteiger partial charge on any atom is 0.129 e. The van der Waals surface area contributed by atoms with Gasteiger partial charge in [-0.3, -0.25) is 0 Å². The number of aliphatic hydroxyl groups excluding tert-OH is 1. The fraction of sp³-hybridized carbons (Fsp3) is 0.143. The molecule has 0 amide bonds. The van der Waals surface area contributed by atoms with Crippen molar-refractivity contribution < 1.29 is 13.9 Å². The predicted molar refractivity (Wildman–Crippen MR) is 79.0 cm³/mol. The third-order valence-corrected chi connectivity index (χ3v) is 3.55. The highest BCUT2D eigenvalue weighted by Crippen LogP contribution is 2.27. The van der Waals surface area contributed by atoms with Crippen molar-refractivity contribution in [3.8, 4) is 0 Å². The standard InChI is InChI=1S/C14H11BrClF2NO/c15-8-1-3-11(16)13(5-8)19-7-14(20)10-6-9(17)2-4-12(10)18/h1-6,14,19-20H,7H2. The summed E-state index contributed by atoms with van der Waals surface area (Å²) in [5.74, 6) is -1.25. The first-order chi connectivity index (χ1) is 9.47. The number of aliphatic hydroxyl groups is 1. The Bertz CT molecular complexity index is 624. The molecule has 2 aromatic rings. The molecule has 6 heteroatoms. The van der Waals surface area contributed by atoms with Gasteiger partial charge in [0.2, 0.25) is 0 Å². The largest absolute Gasteiger partial charge is 0.386 e. The van der Waals surface area contributed by atoms with Crippen LogP contribution in [0.25, 0.3) is 0 Å². The van der Waals surface area contributed by atoms with Crippen molar-refractivity contribution >= 4 is 33.2 Å². The molecule has 0 aliphatic carbocycles. The molecule has 0 aliphatic rings. The zero-order chi connectivity index (χ0) is 14.7. The first kappa shape index (κ1) is 15.2. The van der Waals surface area contributed by atoms with Crippen LogP contribution in [0.4, 0.5) is 14.5 Å². The van der Waals surface area contributed by atoms with Crippen LogP contribution in [0.3, 0.4) is 0 Å². The van der Waals surface area contributed by atoms with Crippen molar-refractivity contribution in [3.05, 3.63) is 63.1 Å². The lowest BCUT2D eigenvalue weighted by Crippen LogP contribution is -2.14. The Hall–Kier alpha value is -1.17. The van der Waals surface area contributed by atoms with Crippen molar-refractivity contribution in [1.29, 1.82) is 0 Å². The Labute approximate surface area is 128 Å². The molecule has 0 bridgehead atoms. The first-order valence-electron chi connectivity index (χ1n) is 5.79. The van der Waals surface area contributed by atoms with Crippen LogP contribution in [0.1, 0.15) is 11.7 Å². The molecule has 2 aromatic carbocycles. The second-order valence-electron chi connectivity index (χ2n) is 4.19. The van der Waals surface area contributed by atoms with E-state index in [9.17, 15) is 13.9 Å². The minimum absolute atomic E-state index is 0.0105. The van der Waals surface area contributed by atoms with Gasteiger partial charge in [-0.2, -0.15) is 0 Å². The predicted octanol–water partition coefficient (Wildman–Crippen LogP) is 4.53. The van der Waals surface area contributed by atoms with E-state index in [4.69, 9.17) is 11.6 Å². The lowest BCUT2D eigenvalue weighted by Gasteiger charge is -2.15. The number of anilines is 1. The first-order valence-corrected chi connectivity index (χ1v) is 6.96. The monoisotopic (exact) mass is 361 g/mol. The summed E-state index contributed by atoms with van der Waals surface area (Å²) in [5.41, 5.74) is 0.500. The van der Waals surface area contributed by atoms with Gasteiger partial charge in [-0.15, -0.1) is 0 Å². The smallest absolute Gasteiger partial charge is 0.129 e. The Morgan fingerprint density at radius 2 is 1.95 bits per heavy atom. The summed E-state index contributed by atoms with van der Waals surface area (Å²) in [4.78, 5) is 0. The van der Waals surface area contributed by atoms with Gasteiger partial charge >= 0.3 is 0 Å². The van der Waals surface area contributed by atoms with Gasteiger partial charge in [0.25, 0.3) is 0 Å². The highest BCUT2D eigenvalue weighted by molar-refractivity contribution is 9.10. The van der Waals surface area contributed by atoms with Crippen LogP contribution in [-0.4, -0.2) is 11.7 Å². The summed E-state index contributed by atoms with van der Waals surface area (Å²) in [6.07, 6.45) is -1.18. The number of rotatable bonds is 4. The molecule has 0 saturated carbocycles. The van der Waals surface area contributed by atoms with E-state index < -0.39 is 17.7 Å². The summed E-state index contributed by atoms with van der Waals surface area (Å²) in [6.45, 7) is 0.0105. The van der Waals surface area contributed by atoms with Crippen molar-refractivity contribution in [2.45, 2.75) is 6.10 Å². The van der Waals surface area contributed by atoms with Gasteiger partial charge in [-0.05, 0) is 36.4 Å². The van der Waals surface area contributed by atoms with Crippen molar-refractivity contribution in [2.24, 2.45) is 0 Å². The highest BCUT2D eigenvalue weighted by atomic mass is 79.9. The Balaban J connectivity index is 2.10. The SMILES string of the molecule is OC(CNc1cc(Br)ccc1Cl)c1cc(F)ccc1F. The summed E-state index contributed by atoms with van der Waals surface area (Å²) in [6, 6.07) is 8.16. The Morgan fingerprint density at radius 3 is 2.70 bits per heavy atom. The normalized spacial score (nSPS) is 12.2. The molecule has 106 valence electrons. The zero-order valence-corrected chi connectivity index (χ0v) is 12.5. The molecule has 20 heavy (non-hydrogen) atoms. The molecular formula is C14H11BrClF2NO. The summed E-state index contributed by atoms with van der Waals surface area (Å²) >= 11 is 9.28. The molecule has 1 unspecified atom stereocenters. The van der Waals surface area contributed by atoms with Gasteiger partial charge in [0.15, 0.2) is 0 Å². The molecule has 2 N–H and O–H groups in total. The number of nitrogens with one attached hydrogen (secondary N) is 1. The fourth-order valence-corrected chi connectivity index (χ4v) is 2.26. The Morgan fingerprint density at radius 1 is 1.20 bits per heavy atom. The average molecular weight is 363 g/mol. The quantitative estimate of drug-likeness (QED) is 0.838. The van der Waals surface area contributed by atoms with Crippen LogP contribution >= 0.6 is 27.5 Å². The molecule has 0 aliphatic heterocycles. The van der Waals surface area contributed by atoms with Gasteiger partial charge in [0, 0.05) is 16.6 Å².